The Balaban J connectivity index is 1.56. The molecule has 0 radical (unpaired) electrons. The molecule has 1 fully saturated rings. The van der Waals surface area contributed by atoms with Gasteiger partial charge >= 0.3 is 0 Å². The minimum atomic E-state index is -0.0497. The van der Waals surface area contributed by atoms with Gasteiger partial charge in [0.1, 0.15) is 5.75 Å². The summed E-state index contributed by atoms with van der Waals surface area (Å²) in [4.78, 5) is 12.6. The Morgan fingerprint density at radius 1 is 1.40 bits per heavy atom. The second-order valence-corrected chi connectivity index (χ2v) is 6.40. The van der Waals surface area contributed by atoms with Crippen LogP contribution in [0, 0.1) is 5.92 Å². The molecule has 0 unspecified atom stereocenters. The van der Waals surface area contributed by atoms with Crippen LogP contribution in [-0.2, 0) is 18.3 Å². The largest absolute Gasteiger partial charge is 0.494 e. The molecule has 6 heteroatoms. The van der Waals surface area contributed by atoms with Crippen LogP contribution in [0.2, 0.25) is 0 Å². The Kier molecular flexibility index (Phi) is 5.71. The van der Waals surface area contributed by atoms with Crippen molar-refractivity contribution >= 4 is 5.91 Å². The number of benzene rings is 1. The highest BCUT2D eigenvalue weighted by Gasteiger charge is 2.34. The lowest BCUT2D eigenvalue weighted by atomic mass is 9.90. The summed E-state index contributed by atoms with van der Waals surface area (Å²) in [6, 6.07) is 7.99. The Hall–Kier alpha value is -2.34. The van der Waals surface area contributed by atoms with E-state index in [2.05, 4.69) is 15.7 Å². The van der Waals surface area contributed by atoms with E-state index in [0.29, 0.717) is 19.7 Å². The summed E-state index contributed by atoms with van der Waals surface area (Å²) in [6.45, 7) is 4.76. The summed E-state index contributed by atoms with van der Waals surface area (Å²) in [5.74, 6) is 1.14. The number of para-hydroxylation sites is 1. The summed E-state index contributed by atoms with van der Waals surface area (Å²) in [5, 5.41) is 10.6. The number of hydrogen-bond acceptors (Lipinski definition) is 4. The summed E-state index contributed by atoms with van der Waals surface area (Å²) in [7, 11) is 1.90. The number of aryl methyl sites for hydroxylation is 1. The van der Waals surface area contributed by atoms with Crippen LogP contribution in [0.15, 0.2) is 36.7 Å². The van der Waals surface area contributed by atoms with E-state index in [1.54, 1.807) is 4.68 Å². The summed E-state index contributed by atoms with van der Waals surface area (Å²) in [5.41, 5.74) is 2.24. The Morgan fingerprint density at radius 2 is 2.24 bits per heavy atom. The average molecular weight is 342 g/mol. The molecule has 3 rings (SSSR count). The molecule has 1 amide bonds. The first-order chi connectivity index (χ1) is 12.2. The molecular formula is C19H26N4O2. The van der Waals surface area contributed by atoms with Crippen LogP contribution in [0.4, 0.5) is 0 Å². The van der Waals surface area contributed by atoms with Gasteiger partial charge in [0.2, 0.25) is 5.91 Å². The fourth-order valence-electron chi connectivity index (χ4n) is 3.39. The van der Waals surface area contributed by atoms with E-state index in [0.717, 1.165) is 29.8 Å². The van der Waals surface area contributed by atoms with Crippen molar-refractivity contribution in [1.29, 1.82) is 0 Å². The number of amides is 1. The smallest absolute Gasteiger partial charge is 0.225 e. The predicted molar refractivity (Wildman–Crippen MR) is 96.6 cm³/mol. The second kappa shape index (κ2) is 8.16. The Bertz CT molecular complexity index is 713. The maximum absolute atomic E-state index is 12.6. The number of nitrogens with zero attached hydrogens (tertiary/aromatic N) is 2. The molecule has 25 heavy (non-hydrogen) atoms. The maximum atomic E-state index is 12.6. The maximum Gasteiger partial charge on any atom is 0.225 e. The van der Waals surface area contributed by atoms with E-state index in [4.69, 9.17) is 4.74 Å². The molecule has 0 aliphatic carbocycles. The molecule has 2 atom stereocenters. The zero-order valence-electron chi connectivity index (χ0n) is 14.9. The lowest BCUT2D eigenvalue weighted by Crippen LogP contribution is -2.35. The van der Waals surface area contributed by atoms with Crippen LogP contribution in [0.1, 0.15) is 24.0 Å². The molecule has 134 valence electrons. The number of rotatable bonds is 7. The van der Waals surface area contributed by atoms with Crippen molar-refractivity contribution in [3.8, 4) is 5.75 Å². The number of hydrogen-bond donors (Lipinski definition) is 2. The zero-order valence-corrected chi connectivity index (χ0v) is 14.9. The van der Waals surface area contributed by atoms with Crippen molar-refractivity contribution in [2.75, 3.05) is 26.2 Å². The first-order valence-corrected chi connectivity index (χ1v) is 8.86. The van der Waals surface area contributed by atoms with E-state index in [1.165, 1.54) is 0 Å². The monoisotopic (exact) mass is 342 g/mol. The molecule has 1 aromatic heterocycles. The van der Waals surface area contributed by atoms with Crippen LogP contribution in [-0.4, -0.2) is 41.9 Å². The molecule has 1 saturated heterocycles. The number of ether oxygens (including phenoxy) is 1. The van der Waals surface area contributed by atoms with Crippen LogP contribution < -0.4 is 15.4 Å². The van der Waals surface area contributed by atoms with E-state index in [-0.39, 0.29) is 17.7 Å². The quantitative estimate of drug-likeness (QED) is 0.800. The SMILES string of the molecule is CCOc1ccccc1CCNC(=O)[C@H]1CNC[C@@H]1c1cnn(C)c1. The first-order valence-electron chi connectivity index (χ1n) is 8.86. The van der Waals surface area contributed by atoms with Crippen molar-refractivity contribution in [3.63, 3.8) is 0 Å². The normalized spacial score (nSPS) is 19.8. The molecule has 1 aliphatic rings. The fraction of sp³-hybridized carbons (Fsp3) is 0.474. The third kappa shape index (κ3) is 4.20. The van der Waals surface area contributed by atoms with E-state index in [9.17, 15) is 4.79 Å². The molecule has 2 heterocycles. The molecular weight excluding hydrogens is 316 g/mol. The highest BCUT2D eigenvalue weighted by molar-refractivity contribution is 5.80. The topological polar surface area (TPSA) is 68.2 Å². The van der Waals surface area contributed by atoms with E-state index >= 15 is 0 Å². The van der Waals surface area contributed by atoms with Gasteiger partial charge in [-0.25, -0.2) is 0 Å². The van der Waals surface area contributed by atoms with Crippen LogP contribution in [0.5, 0.6) is 5.75 Å². The first kappa shape index (κ1) is 17.5. The van der Waals surface area contributed by atoms with Gasteiger partial charge in [-0.2, -0.15) is 5.10 Å². The minimum Gasteiger partial charge on any atom is -0.494 e. The van der Waals surface area contributed by atoms with Crippen molar-refractivity contribution < 1.29 is 9.53 Å². The fourth-order valence-corrected chi connectivity index (χ4v) is 3.39. The molecule has 2 aromatic rings. The van der Waals surface area contributed by atoms with Gasteiger partial charge in [-0.3, -0.25) is 9.48 Å². The molecule has 0 spiro atoms. The zero-order chi connectivity index (χ0) is 17.6. The van der Waals surface area contributed by atoms with Gasteiger partial charge in [-0.1, -0.05) is 18.2 Å². The number of carbonyl (C=O) groups is 1. The van der Waals surface area contributed by atoms with Gasteiger partial charge in [-0.05, 0) is 30.5 Å². The van der Waals surface area contributed by atoms with Crippen LogP contribution in [0.3, 0.4) is 0 Å². The highest BCUT2D eigenvalue weighted by atomic mass is 16.5. The molecule has 1 aliphatic heterocycles. The Morgan fingerprint density at radius 3 is 3.00 bits per heavy atom. The van der Waals surface area contributed by atoms with E-state index < -0.39 is 0 Å². The standard InChI is InChI=1S/C19H26N4O2/c1-3-25-18-7-5-4-6-14(18)8-9-21-19(24)17-12-20-11-16(17)15-10-22-23(2)13-15/h4-7,10,13,16-17,20H,3,8-9,11-12H2,1-2H3,(H,21,24)/t16-,17+/m1/s1. The molecule has 2 N–H and O–H groups in total. The molecule has 6 nitrogen and oxygen atoms in total. The van der Waals surface area contributed by atoms with Gasteiger partial charge < -0.3 is 15.4 Å². The lowest BCUT2D eigenvalue weighted by molar-refractivity contribution is -0.124. The van der Waals surface area contributed by atoms with Gasteiger partial charge in [0.25, 0.3) is 0 Å². The lowest BCUT2D eigenvalue weighted by Gasteiger charge is -2.17. The second-order valence-electron chi connectivity index (χ2n) is 6.40. The van der Waals surface area contributed by atoms with Gasteiger partial charge in [-0.15, -0.1) is 0 Å². The summed E-state index contributed by atoms with van der Waals surface area (Å²) >= 11 is 0. The number of aromatic nitrogens is 2. The minimum absolute atomic E-state index is 0.0497. The van der Waals surface area contributed by atoms with Crippen LogP contribution in [0.25, 0.3) is 0 Å². The number of nitrogens with one attached hydrogen (secondary N) is 2. The Labute approximate surface area is 148 Å². The highest BCUT2D eigenvalue weighted by Crippen LogP contribution is 2.28. The summed E-state index contributed by atoms with van der Waals surface area (Å²) in [6.07, 6.45) is 4.62. The summed E-state index contributed by atoms with van der Waals surface area (Å²) < 4.78 is 7.42. The van der Waals surface area contributed by atoms with Crippen molar-refractivity contribution in [1.82, 2.24) is 20.4 Å². The van der Waals surface area contributed by atoms with E-state index in [1.807, 2.05) is 50.6 Å². The molecule has 0 bridgehead atoms. The van der Waals surface area contributed by atoms with Crippen molar-refractivity contribution in [3.05, 3.63) is 47.8 Å². The molecule has 1 aromatic carbocycles. The predicted octanol–water partition coefficient (Wildman–Crippen LogP) is 1.48. The molecule has 0 saturated carbocycles. The third-order valence-corrected chi connectivity index (χ3v) is 4.67. The number of carbonyl (C=O) groups excluding carboxylic acids is 1. The van der Waals surface area contributed by atoms with Gasteiger partial charge in [0, 0.05) is 38.8 Å². The van der Waals surface area contributed by atoms with Gasteiger partial charge in [0.15, 0.2) is 0 Å². The van der Waals surface area contributed by atoms with Crippen LogP contribution >= 0.6 is 0 Å². The van der Waals surface area contributed by atoms with Crippen molar-refractivity contribution in [2.45, 2.75) is 19.3 Å². The van der Waals surface area contributed by atoms with Crippen molar-refractivity contribution in [2.24, 2.45) is 13.0 Å². The average Bonchev–Trinajstić information content (AvgIpc) is 3.25. The third-order valence-electron chi connectivity index (χ3n) is 4.67. The van der Waals surface area contributed by atoms with Gasteiger partial charge in [0.05, 0.1) is 18.7 Å².